The first-order chi connectivity index (χ1) is 67.2. The summed E-state index contributed by atoms with van der Waals surface area (Å²) in [6.45, 7) is 16.6. The quantitative estimate of drug-likeness (QED) is 0.0569. The summed E-state index contributed by atoms with van der Waals surface area (Å²) in [6.07, 6.45) is 13.1. The number of sulfonamides is 4. The zero-order valence-corrected chi connectivity index (χ0v) is 83.7. The molecule has 0 spiro atoms. The highest BCUT2D eigenvalue weighted by atomic mass is 32.2. The Morgan fingerprint density at radius 2 is 0.619 bits per heavy atom. The minimum atomic E-state index is -3.74. The van der Waals surface area contributed by atoms with Gasteiger partial charge in [-0.05, 0) is 224 Å². The third-order valence-electron chi connectivity index (χ3n) is 30.1. The van der Waals surface area contributed by atoms with E-state index in [0.29, 0.717) is 59.0 Å². The van der Waals surface area contributed by atoms with Crippen LogP contribution in [0, 0.1) is 33.5 Å². The molecule has 0 saturated carbocycles. The highest BCUT2D eigenvalue weighted by molar-refractivity contribution is 7.89. The zero-order valence-electron chi connectivity index (χ0n) is 80.5. The van der Waals surface area contributed by atoms with Crippen LogP contribution < -0.4 is 0 Å². The lowest BCUT2D eigenvalue weighted by Gasteiger charge is -2.57. The summed E-state index contributed by atoms with van der Waals surface area (Å²) in [5, 5.41) is 30.9. The van der Waals surface area contributed by atoms with Crippen molar-refractivity contribution in [2.24, 2.45) is 14.1 Å². The van der Waals surface area contributed by atoms with E-state index >= 15 is 0 Å². The third-order valence-corrected chi connectivity index (χ3v) is 37.3. The predicted molar refractivity (Wildman–Crippen MR) is 544 cm³/mol. The van der Waals surface area contributed by atoms with Crippen LogP contribution in [0.1, 0.15) is 125 Å². The van der Waals surface area contributed by atoms with Crippen molar-refractivity contribution in [3.05, 3.63) is 330 Å². The number of fused-ring (bicyclic) bond motifs is 4. The van der Waals surface area contributed by atoms with Crippen LogP contribution in [-0.4, -0.2) is 265 Å². The van der Waals surface area contributed by atoms with Crippen molar-refractivity contribution in [1.29, 1.82) is 0 Å². The number of rotatable bonds is 22. The molecule has 3 N–H and O–H groups in total. The first-order valence-corrected chi connectivity index (χ1v) is 54.8. The number of hydrogen-bond acceptors (Lipinski definition) is 18. The van der Waals surface area contributed by atoms with Crippen LogP contribution >= 0.6 is 0 Å². The lowest BCUT2D eigenvalue weighted by atomic mass is 9.74. The van der Waals surface area contributed by atoms with Gasteiger partial charge in [0, 0.05) is 158 Å². The monoisotopic (exact) mass is 1960 g/mol. The van der Waals surface area contributed by atoms with E-state index in [1.54, 1.807) is 66.3 Å². The molecule has 12 atom stereocenters. The summed E-state index contributed by atoms with van der Waals surface area (Å²) in [5.41, 5.74) is 19.9. The van der Waals surface area contributed by atoms with Crippen molar-refractivity contribution in [2.75, 3.05) is 112 Å². The Kier molecular flexibility index (Phi) is 31.9. The minimum Gasteiger partial charge on any atom is -0.395 e. The number of aromatic nitrogens is 4. The normalized spacial score (nSPS) is 23.8. The summed E-state index contributed by atoms with van der Waals surface area (Å²) in [4.78, 5) is 17.7. The van der Waals surface area contributed by atoms with Crippen molar-refractivity contribution in [3.8, 4) is 44.5 Å². The summed E-state index contributed by atoms with van der Waals surface area (Å²) < 4.78 is 136. The van der Waals surface area contributed by atoms with Crippen LogP contribution in [-0.2, 0) is 64.7 Å². The van der Waals surface area contributed by atoms with Gasteiger partial charge in [0.25, 0.3) is 20.0 Å². The molecule has 8 saturated heterocycles. The maximum absolute atomic E-state index is 13.4. The number of aliphatic hydroxyl groups is 3. The number of ether oxygens (including phenoxy) is 1. The number of imidazole rings is 2. The van der Waals surface area contributed by atoms with Crippen molar-refractivity contribution >= 4 is 40.1 Å². The molecule has 24 nitrogen and oxygen atoms in total. The van der Waals surface area contributed by atoms with Crippen molar-refractivity contribution in [3.63, 3.8) is 0 Å². The van der Waals surface area contributed by atoms with E-state index in [4.69, 9.17) is 4.74 Å². The van der Waals surface area contributed by atoms with Crippen molar-refractivity contribution < 1.29 is 58.1 Å². The number of nitrogens with zero attached hydrogens (tertiary/aromatic N) is 12. The molecule has 10 heterocycles. The number of aliphatic hydroxyl groups excluding tert-OH is 3. The molecular weight excluding hydrogens is 1830 g/mol. The predicted octanol–water partition coefficient (Wildman–Crippen LogP) is 15.5. The molecule has 0 amide bonds. The summed E-state index contributed by atoms with van der Waals surface area (Å²) in [6, 6.07) is 82.7. The molecule has 0 radical (unpaired) electrons. The highest BCUT2D eigenvalue weighted by Crippen LogP contribution is 2.49. The van der Waals surface area contributed by atoms with E-state index in [1.807, 2.05) is 60.7 Å². The van der Waals surface area contributed by atoms with Crippen molar-refractivity contribution in [1.82, 2.24) is 55.9 Å². The summed E-state index contributed by atoms with van der Waals surface area (Å²) >= 11 is 0. The van der Waals surface area contributed by atoms with E-state index in [1.165, 1.54) is 97.4 Å². The lowest BCUT2D eigenvalue weighted by molar-refractivity contribution is -0.0635. The molecule has 20 rings (SSSR count). The van der Waals surface area contributed by atoms with E-state index in [2.05, 4.69) is 221 Å². The maximum Gasteiger partial charge on any atom is 0.262 e. The van der Waals surface area contributed by atoms with Crippen LogP contribution in [0.25, 0.3) is 44.5 Å². The van der Waals surface area contributed by atoms with Gasteiger partial charge in [0.05, 0.1) is 49.7 Å². The molecule has 0 bridgehead atoms. The Morgan fingerprint density at radius 3 is 0.921 bits per heavy atom. The molecule has 0 aliphatic carbocycles. The van der Waals surface area contributed by atoms with Gasteiger partial charge in [-0.3, -0.25) is 19.6 Å². The Hall–Kier alpha value is -10.1. The number of methoxy groups -OCH3 is 1. The van der Waals surface area contributed by atoms with E-state index in [9.17, 15) is 53.4 Å². The van der Waals surface area contributed by atoms with Crippen LogP contribution in [0.3, 0.4) is 0 Å². The molecule has 8 aliphatic rings. The maximum atomic E-state index is 13.4. The second-order valence-corrected chi connectivity index (χ2v) is 46.2. The fraction of sp³-hybridized carbons (Fsp3) is 0.400. The number of aryl methyl sites for hydroxylation is 6. The number of halogens is 1. The molecule has 12 aromatic rings. The van der Waals surface area contributed by atoms with Gasteiger partial charge in [0.15, 0.2) is 10.1 Å². The van der Waals surface area contributed by atoms with Crippen LogP contribution in [0.15, 0.2) is 289 Å². The highest BCUT2D eigenvalue weighted by Gasteiger charge is 2.55. The largest absolute Gasteiger partial charge is 0.395 e. The molecule has 734 valence electrons. The second-order valence-electron chi connectivity index (χ2n) is 38.6. The average molecular weight is 1960 g/mol. The molecule has 139 heavy (non-hydrogen) atoms. The number of benzene rings is 10. The zero-order chi connectivity index (χ0) is 97.4. The topological polar surface area (TPSA) is 268 Å². The average Bonchev–Trinajstić information content (AvgIpc) is 1.44. The van der Waals surface area contributed by atoms with Gasteiger partial charge in [-0.1, -0.05) is 224 Å². The van der Waals surface area contributed by atoms with E-state index < -0.39 is 45.9 Å². The van der Waals surface area contributed by atoms with Gasteiger partial charge in [0.1, 0.15) is 5.82 Å². The Bertz CT molecular complexity index is 6650. The molecular formula is C110H131FN12O12S4. The van der Waals surface area contributed by atoms with Gasteiger partial charge in [-0.15, -0.1) is 0 Å². The van der Waals surface area contributed by atoms with Gasteiger partial charge in [-0.2, -0.15) is 12.9 Å². The Morgan fingerprint density at radius 1 is 0.338 bits per heavy atom. The Labute approximate surface area is 820 Å². The smallest absolute Gasteiger partial charge is 0.262 e. The first-order valence-electron chi connectivity index (χ1n) is 48.9. The molecule has 8 fully saturated rings. The number of hydrogen-bond donors (Lipinski definition) is 3. The fourth-order valence-corrected chi connectivity index (χ4v) is 28.8. The fourth-order valence-electron chi connectivity index (χ4n) is 22.8. The summed E-state index contributed by atoms with van der Waals surface area (Å²) in [7, 11) is -9.18. The minimum absolute atomic E-state index is 0.00631. The van der Waals surface area contributed by atoms with E-state index in [-0.39, 0.29) is 113 Å². The van der Waals surface area contributed by atoms with Crippen LogP contribution in [0.2, 0.25) is 0 Å². The lowest BCUT2D eigenvalue weighted by Crippen LogP contribution is -2.68. The van der Waals surface area contributed by atoms with Crippen LogP contribution in [0.4, 0.5) is 4.39 Å². The molecule has 0 unspecified atom stereocenters. The van der Waals surface area contributed by atoms with Crippen molar-refractivity contribution in [2.45, 2.75) is 172 Å². The summed E-state index contributed by atoms with van der Waals surface area (Å²) in [5.74, 6) is 0.00535. The second kappa shape index (κ2) is 44.2. The molecule has 10 aromatic carbocycles. The third kappa shape index (κ3) is 21.7. The molecule has 8 aliphatic heterocycles. The molecule has 29 heteroatoms. The van der Waals surface area contributed by atoms with Crippen LogP contribution in [0.5, 0.6) is 0 Å². The van der Waals surface area contributed by atoms with Gasteiger partial charge in [0.2, 0.25) is 20.0 Å². The van der Waals surface area contributed by atoms with E-state index in [0.717, 1.165) is 105 Å². The van der Waals surface area contributed by atoms with Gasteiger partial charge < -0.3 is 29.2 Å². The SMILES string of the molecule is COC[C@@H]1[C@H](c2ccc(-c3ccccc3C)cc2)[C@@H]2CN(S(=O)(=O)c3cn(C)cn3)CCCCN12.Cc1ccccc1-c1ccc([C@H]2[C@@H](CO)N3CCCCN(S(=O)(=O)Cc4ccccc4)C[C@@H]23)cc1.Cc1ccccc1-c1ccc([C@H]2[C@@H](CO)N3CCCCN(S(=O)(=O)c4ccc(F)cc4)C[C@@H]23)cc1.Cc1ccccc1-c1ccc([C@H]2[C@@H](CO)N3CCCCN(S(=O)(=O)c4cn(C)cn4)C[C@@H]23)cc1. The first kappa shape index (κ1) is 100. The van der Waals surface area contributed by atoms with Gasteiger partial charge >= 0.3 is 0 Å². The molecule has 2 aromatic heterocycles. The van der Waals surface area contributed by atoms with Gasteiger partial charge in [-0.25, -0.2) is 52.3 Å². The Balaban J connectivity index is 0.000000128. The standard InChI is InChI=1S/C29H34N2O3S.C28H31FN2O3S.C27H34N4O3S.C26H32N4O3S/c1-22-9-5-6-12-26(22)24-13-15-25(16-14-24)29-27-19-30(17-7-8-18-31(27)28(29)20-32)35(33,34)21-23-10-3-2-4-11-23;1-20-6-2-3-7-25(20)21-8-10-22(11-9-21)28-26-18-30(16-4-5-17-31(26)27(28)19-32)35(33,34)24-14-12-23(29)13-15-24;1-20-8-4-5-9-23(20)21-10-12-22(13-11-21)27-24-16-30(35(32,33)26-17-29(2)19-28-26)14-6-7-15-31(24)25(27)18-34-3;1-19-7-3-4-8-22(19)20-9-11-21(12-10-20)26-23-15-29(13-5-6-14-30(23)24(26)17-31)34(32,33)25-16-28(2)18-27-25/h2-6,9-16,27-29,32H,7-8,17-21H2,1H3;2-3,6-15,26-28,32H,4-5,16-19H2,1H3;4-5,8-13,17,19,24-25,27H,6-7,14-16,18H2,1-3H3;3-4,7-12,16,18,23-24,26,31H,5-6,13-15,17H2,1-2H3/t27-,28+,29+;26-,27+,28+;24-,25+,27+;23-,24+,26+/m0000/s1.